The summed E-state index contributed by atoms with van der Waals surface area (Å²) in [4.78, 5) is 0. The second-order valence-electron chi connectivity index (χ2n) is 2.58. The van der Waals surface area contributed by atoms with Gasteiger partial charge < -0.3 is 0 Å². The van der Waals surface area contributed by atoms with E-state index < -0.39 is 6.17 Å². The molecule has 1 atom stereocenters. The van der Waals surface area contributed by atoms with Crippen LogP contribution in [0.4, 0.5) is 4.39 Å². The van der Waals surface area contributed by atoms with Gasteiger partial charge in [0.2, 0.25) is 0 Å². The molecule has 0 aromatic heterocycles. The molecule has 0 heterocycles. The van der Waals surface area contributed by atoms with Gasteiger partial charge in [-0.05, 0) is 17.7 Å². The third-order valence-corrected chi connectivity index (χ3v) is 2.77. The van der Waals surface area contributed by atoms with Crippen molar-refractivity contribution >= 4 is 31.9 Å². The maximum absolute atomic E-state index is 12.9. The summed E-state index contributed by atoms with van der Waals surface area (Å²) in [5, 5.41) is 0.406. The average Bonchev–Trinajstić information content (AvgIpc) is 2.09. The second-order valence-corrected chi connectivity index (χ2v) is 4.15. The van der Waals surface area contributed by atoms with Crippen LogP contribution in [-0.4, -0.2) is 11.5 Å². The van der Waals surface area contributed by atoms with Crippen LogP contribution in [-0.2, 0) is 6.42 Å². The fraction of sp³-hybridized carbons (Fsp3) is 0.333. The molecule has 0 fully saturated rings. The Morgan fingerprint density at radius 3 is 2.33 bits per heavy atom. The number of rotatable bonds is 3. The summed E-state index contributed by atoms with van der Waals surface area (Å²) in [5.74, 6) is 0. The molecule has 1 aromatic carbocycles. The van der Waals surface area contributed by atoms with Crippen molar-refractivity contribution in [3.8, 4) is 0 Å². The van der Waals surface area contributed by atoms with Crippen LogP contribution in [0.15, 0.2) is 28.7 Å². The number of alkyl halides is 2. The monoisotopic (exact) mass is 294 g/mol. The Labute approximate surface area is 88.4 Å². The van der Waals surface area contributed by atoms with E-state index in [1.807, 2.05) is 24.3 Å². The van der Waals surface area contributed by atoms with Crippen molar-refractivity contribution in [2.75, 3.05) is 5.33 Å². The van der Waals surface area contributed by atoms with Gasteiger partial charge in [0.1, 0.15) is 6.17 Å². The van der Waals surface area contributed by atoms with Crippen LogP contribution < -0.4 is 0 Å². The number of benzene rings is 1. The van der Waals surface area contributed by atoms with Crippen LogP contribution in [0, 0.1) is 0 Å². The number of hydrogen-bond donors (Lipinski definition) is 0. The molecular weight excluding hydrogens is 287 g/mol. The maximum atomic E-state index is 12.9. The minimum Gasteiger partial charge on any atom is -0.246 e. The van der Waals surface area contributed by atoms with Crippen molar-refractivity contribution in [3.63, 3.8) is 0 Å². The van der Waals surface area contributed by atoms with E-state index in [1.165, 1.54) is 0 Å². The van der Waals surface area contributed by atoms with Crippen LogP contribution in [0.5, 0.6) is 0 Å². The third-order valence-electron chi connectivity index (χ3n) is 1.54. The van der Waals surface area contributed by atoms with Crippen molar-refractivity contribution < 1.29 is 4.39 Å². The molecule has 0 bridgehead atoms. The van der Waals surface area contributed by atoms with Crippen LogP contribution >= 0.6 is 31.9 Å². The molecule has 0 radical (unpaired) electrons. The van der Waals surface area contributed by atoms with Crippen molar-refractivity contribution in [3.05, 3.63) is 34.3 Å². The zero-order valence-electron chi connectivity index (χ0n) is 6.43. The van der Waals surface area contributed by atoms with Gasteiger partial charge in [0.25, 0.3) is 0 Å². The number of hydrogen-bond acceptors (Lipinski definition) is 0. The Hall–Kier alpha value is 0.110. The second kappa shape index (κ2) is 4.97. The van der Waals surface area contributed by atoms with Crippen molar-refractivity contribution in [2.24, 2.45) is 0 Å². The summed E-state index contributed by atoms with van der Waals surface area (Å²) in [6.45, 7) is 0. The lowest BCUT2D eigenvalue weighted by atomic mass is 10.1. The molecule has 0 spiro atoms. The molecule has 12 heavy (non-hydrogen) atoms. The Morgan fingerprint density at radius 2 is 1.83 bits per heavy atom. The quantitative estimate of drug-likeness (QED) is 0.746. The zero-order chi connectivity index (χ0) is 8.97. The lowest BCUT2D eigenvalue weighted by Crippen LogP contribution is -2.05. The highest BCUT2D eigenvalue weighted by atomic mass is 79.9. The first-order valence-corrected chi connectivity index (χ1v) is 5.58. The van der Waals surface area contributed by atoms with Gasteiger partial charge in [-0.2, -0.15) is 0 Å². The van der Waals surface area contributed by atoms with Crippen LogP contribution in [0.1, 0.15) is 5.56 Å². The molecule has 3 heteroatoms. The van der Waals surface area contributed by atoms with Crippen molar-refractivity contribution in [1.29, 1.82) is 0 Å². The van der Waals surface area contributed by atoms with Crippen molar-refractivity contribution in [1.82, 2.24) is 0 Å². The zero-order valence-corrected chi connectivity index (χ0v) is 9.61. The van der Waals surface area contributed by atoms with E-state index in [4.69, 9.17) is 0 Å². The molecule has 0 amide bonds. The van der Waals surface area contributed by atoms with Gasteiger partial charge in [-0.1, -0.05) is 44.0 Å². The van der Waals surface area contributed by atoms with Crippen LogP contribution in [0.2, 0.25) is 0 Å². The molecule has 0 saturated carbocycles. The summed E-state index contributed by atoms with van der Waals surface area (Å²) in [6.07, 6.45) is -0.301. The first-order valence-electron chi connectivity index (χ1n) is 3.67. The minimum absolute atomic E-state index is 0.406. The Morgan fingerprint density at radius 1 is 1.25 bits per heavy atom. The van der Waals surface area contributed by atoms with Gasteiger partial charge in [-0.3, -0.25) is 0 Å². The molecule has 0 nitrogen and oxygen atoms in total. The van der Waals surface area contributed by atoms with E-state index in [9.17, 15) is 4.39 Å². The molecule has 0 aliphatic heterocycles. The highest BCUT2D eigenvalue weighted by Gasteiger charge is 2.04. The highest BCUT2D eigenvalue weighted by molar-refractivity contribution is 9.10. The Kier molecular flexibility index (Phi) is 4.22. The average molecular weight is 296 g/mol. The third kappa shape index (κ3) is 3.23. The maximum Gasteiger partial charge on any atom is 0.114 e. The highest BCUT2D eigenvalue weighted by Crippen LogP contribution is 2.13. The molecule has 0 unspecified atom stereocenters. The summed E-state index contributed by atoms with van der Waals surface area (Å²) in [7, 11) is 0. The van der Waals surface area contributed by atoms with Gasteiger partial charge >= 0.3 is 0 Å². The SMILES string of the molecule is F[C@H](CBr)Cc1ccc(Br)cc1. The molecule has 0 aliphatic carbocycles. The Bertz CT molecular complexity index is 233. The van der Waals surface area contributed by atoms with Gasteiger partial charge in [-0.25, -0.2) is 4.39 Å². The van der Waals surface area contributed by atoms with E-state index in [1.54, 1.807) is 0 Å². The normalized spacial score (nSPS) is 12.9. The van der Waals surface area contributed by atoms with E-state index >= 15 is 0 Å². The number of halogens is 3. The molecule has 0 aliphatic rings. The largest absolute Gasteiger partial charge is 0.246 e. The van der Waals surface area contributed by atoms with Gasteiger partial charge in [0.15, 0.2) is 0 Å². The smallest absolute Gasteiger partial charge is 0.114 e. The predicted molar refractivity (Wildman–Crippen MR) is 56.5 cm³/mol. The molecule has 0 saturated heterocycles. The minimum atomic E-state index is -0.786. The summed E-state index contributed by atoms with van der Waals surface area (Å²) in [6, 6.07) is 7.71. The molecule has 1 rings (SSSR count). The van der Waals surface area contributed by atoms with Crippen LogP contribution in [0.3, 0.4) is 0 Å². The lowest BCUT2D eigenvalue weighted by Gasteiger charge is -2.03. The van der Waals surface area contributed by atoms with E-state index in [0.29, 0.717) is 11.8 Å². The fourth-order valence-corrected chi connectivity index (χ4v) is 1.42. The van der Waals surface area contributed by atoms with E-state index in [-0.39, 0.29) is 0 Å². The first kappa shape index (κ1) is 10.2. The van der Waals surface area contributed by atoms with Crippen LogP contribution in [0.25, 0.3) is 0 Å². The molecular formula is C9H9Br2F. The predicted octanol–water partition coefficient (Wildman–Crippen LogP) is 3.72. The molecule has 0 N–H and O–H groups in total. The van der Waals surface area contributed by atoms with Gasteiger partial charge in [0, 0.05) is 16.2 Å². The van der Waals surface area contributed by atoms with Crippen molar-refractivity contribution in [2.45, 2.75) is 12.6 Å². The summed E-state index contributed by atoms with van der Waals surface area (Å²) in [5.41, 5.74) is 1.03. The lowest BCUT2D eigenvalue weighted by molar-refractivity contribution is 0.368. The van der Waals surface area contributed by atoms with Gasteiger partial charge in [-0.15, -0.1) is 0 Å². The fourth-order valence-electron chi connectivity index (χ4n) is 0.931. The summed E-state index contributed by atoms with van der Waals surface area (Å²) >= 11 is 6.43. The standard InChI is InChI=1S/C9H9Br2F/c10-6-9(12)5-7-1-3-8(11)4-2-7/h1-4,9H,5-6H2/t9-/m0/s1. The van der Waals surface area contributed by atoms with Gasteiger partial charge in [0.05, 0.1) is 0 Å². The molecule has 1 aromatic rings. The van der Waals surface area contributed by atoms with E-state index in [2.05, 4.69) is 31.9 Å². The molecule has 66 valence electrons. The summed E-state index contributed by atoms with van der Waals surface area (Å²) < 4.78 is 13.9. The topological polar surface area (TPSA) is 0 Å². The van der Waals surface area contributed by atoms with E-state index in [0.717, 1.165) is 10.0 Å². The Balaban J connectivity index is 2.58. The first-order chi connectivity index (χ1) is 5.72.